The van der Waals surface area contributed by atoms with Crippen LogP contribution in [0, 0.1) is 11.8 Å². The summed E-state index contributed by atoms with van der Waals surface area (Å²) in [6.45, 7) is 3.73. The average Bonchev–Trinajstić information content (AvgIpc) is 2.42. The fourth-order valence-corrected chi connectivity index (χ4v) is 2.94. The number of hydrogen-bond donors (Lipinski definition) is 1. The molecule has 0 saturated heterocycles. The molecule has 1 aliphatic rings. The highest BCUT2D eigenvalue weighted by Gasteiger charge is 2.27. The normalized spacial score (nSPS) is 23.9. The summed E-state index contributed by atoms with van der Waals surface area (Å²) in [5.41, 5.74) is 5.48. The second-order valence-corrected chi connectivity index (χ2v) is 5.76. The Bertz CT molecular complexity index is 235. The topological polar surface area (TPSA) is 46.3 Å². The number of nitrogens with two attached hydrogens (primary N) is 1. The number of rotatable bonds is 7. The van der Waals surface area contributed by atoms with Crippen LogP contribution in [0.4, 0.5) is 0 Å². The highest BCUT2D eigenvalue weighted by Crippen LogP contribution is 2.32. The van der Waals surface area contributed by atoms with E-state index >= 15 is 0 Å². The van der Waals surface area contributed by atoms with Gasteiger partial charge >= 0.3 is 0 Å². The Morgan fingerprint density at radius 1 is 1.22 bits per heavy atom. The van der Waals surface area contributed by atoms with Crippen LogP contribution in [-0.2, 0) is 4.79 Å². The van der Waals surface area contributed by atoms with Crippen molar-refractivity contribution < 1.29 is 4.79 Å². The lowest BCUT2D eigenvalue weighted by atomic mass is 9.79. The second-order valence-electron chi connectivity index (χ2n) is 5.76. The molecule has 0 unspecified atom stereocenters. The predicted molar refractivity (Wildman–Crippen MR) is 76.3 cm³/mol. The molecule has 0 radical (unpaired) electrons. The first kappa shape index (κ1) is 15.5. The van der Waals surface area contributed by atoms with E-state index in [0.717, 1.165) is 31.7 Å². The van der Waals surface area contributed by atoms with Crippen LogP contribution in [0.15, 0.2) is 0 Å². The van der Waals surface area contributed by atoms with E-state index in [1.165, 1.54) is 32.1 Å². The van der Waals surface area contributed by atoms with E-state index in [1.807, 2.05) is 11.9 Å². The maximum atomic E-state index is 12.2. The molecular formula is C15H30N2O. The van der Waals surface area contributed by atoms with Crippen LogP contribution < -0.4 is 5.73 Å². The van der Waals surface area contributed by atoms with Crippen molar-refractivity contribution in [3.05, 3.63) is 0 Å². The lowest BCUT2D eigenvalue weighted by molar-refractivity contribution is -0.135. The Balaban J connectivity index is 2.26. The van der Waals surface area contributed by atoms with Crippen LogP contribution in [0.1, 0.15) is 58.3 Å². The molecule has 1 saturated carbocycles. The molecule has 18 heavy (non-hydrogen) atoms. The largest absolute Gasteiger partial charge is 0.345 e. The summed E-state index contributed by atoms with van der Waals surface area (Å²) in [6.07, 6.45) is 9.61. The number of carbonyl (C=O) groups is 1. The van der Waals surface area contributed by atoms with Crippen LogP contribution in [0.5, 0.6) is 0 Å². The first-order valence-electron chi connectivity index (χ1n) is 7.64. The number of nitrogens with zero attached hydrogens (tertiary/aromatic N) is 1. The van der Waals surface area contributed by atoms with Gasteiger partial charge in [0.05, 0.1) is 0 Å². The van der Waals surface area contributed by atoms with Crippen LogP contribution >= 0.6 is 0 Å². The first-order chi connectivity index (χ1) is 8.69. The van der Waals surface area contributed by atoms with Crippen molar-refractivity contribution in [2.75, 3.05) is 20.1 Å². The molecule has 0 aromatic heterocycles. The first-order valence-corrected chi connectivity index (χ1v) is 7.64. The van der Waals surface area contributed by atoms with E-state index in [2.05, 4.69) is 6.92 Å². The fourth-order valence-electron chi connectivity index (χ4n) is 2.94. The molecule has 0 atom stereocenters. The standard InChI is InChI=1S/C15H30N2O/c1-3-4-6-13-7-9-14(10-8-13)15(18)17(2)12-5-11-16/h13-14H,3-12,16H2,1-2H3. The van der Waals surface area contributed by atoms with E-state index in [0.29, 0.717) is 12.5 Å². The lowest BCUT2D eigenvalue weighted by Gasteiger charge is -2.30. The third-order valence-electron chi connectivity index (χ3n) is 4.24. The highest BCUT2D eigenvalue weighted by molar-refractivity contribution is 5.78. The van der Waals surface area contributed by atoms with Gasteiger partial charge in [-0.15, -0.1) is 0 Å². The van der Waals surface area contributed by atoms with E-state index in [1.54, 1.807) is 0 Å². The molecule has 0 aliphatic heterocycles. The summed E-state index contributed by atoms with van der Waals surface area (Å²) in [5, 5.41) is 0. The molecular weight excluding hydrogens is 224 g/mol. The van der Waals surface area contributed by atoms with Crippen LogP contribution in [0.25, 0.3) is 0 Å². The highest BCUT2D eigenvalue weighted by atomic mass is 16.2. The Kier molecular flexibility index (Phi) is 7.33. The number of amides is 1. The van der Waals surface area contributed by atoms with Crippen LogP contribution in [0.3, 0.4) is 0 Å². The van der Waals surface area contributed by atoms with Gasteiger partial charge in [0, 0.05) is 19.5 Å². The molecule has 0 aromatic carbocycles. The summed E-state index contributed by atoms with van der Waals surface area (Å²) >= 11 is 0. The molecule has 0 spiro atoms. The fraction of sp³-hybridized carbons (Fsp3) is 0.933. The van der Waals surface area contributed by atoms with Crippen molar-refractivity contribution in [2.24, 2.45) is 17.6 Å². The molecule has 3 nitrogen and oxygen atoms in total. The predicted octanol–water partition coefficient (Wildman–Crippen LogP) is 2.79. The third-order valence-corrected chi connectivity index (χ3v) is 4.24. The molecule has 106 valence electrons. The van der Waals surface area contributed by atoms with Gasteiger partial charge in [-0.05, 0) is 44.6 Å². The molecule has 2 N–H and O–H groups in total. The zero-order valence-corrected chi connectivity index (χ0v) is 12.2. The molecule has 3 heteroatoms. The number of unbranched alkanes of at least 4 members (excludes halogenated alkanes) is 1. The van der Waals surface area contributed by atoms with Gasteiger partial charge in [-0.25, -0.2) is 0 Å². The maximum absolute atomic E-state index is 12.2. The monoisotopic (exact) mass is 254 g/mol. The minimum absolute atomic E-state index is 0.283. The SMILES string of the molecule is CCCCC1CCC(C(=O)N(C)CCCN)CC1. The van der Waals surface area contributed by atoms with Gasteiger partial charge in [-0.3, -0.25) is 4.79 Å². The van der Waals surface area contributed by atoms with Gasteiger partial charge < -0.3 is 10.6 Å². The smallest absolute Gasteiger partial charge is 0.225 e. The zero-order chi connectivity index (χ0) is 13.4. The van der Waals surface area contributed by atoms with Gasteiger partial charge in [0.2, 0.25) is 5.91 Å². The average molecular weight is 254 g/mol. The van der Waals surface area contributed by atoms with E-state index < -0.39 is 0 Å². The Morgan fingerprint density at radius 2 is 1.89 bits per heavy atom. The van der Waals surface area contributed by atoms with Crippen molar-refractivity contribution in [1.29, 1.82) is 0 Å². The van der Waals surface area contributed by atoms with Crippen molar-refractivity contribution in [3.63, 3.8) is 0 Å². The zero-order valence-electron chi connectivity index (χ0n) is 12.2. The van der Waals surface area contributed by atoms with Crippen molar-refractivity contribution in [3.8, 4) is 0 Å². The quantitative estimate of drug-likeness (QED) is 0.759. The third kappa shape index (κ3) is 4.97. The molecule has 0 bridgehead atoms. The summed E-state index contributed by atoms with van der Waals surface area (Å²) in [5.74, 6) is 1.51. The van der Waals surface area contributed by atoms with Crippen molar-refractivity contribution >= 4 is 5.91 Å². The van der Waals surface area contributed by atoms with Crippen LogP contribution in [0.2, 0.25) is 0 Å². The molecule has 0 heterocycles. The van der Waals surface area contributed by atoms with E-state index in [9.17, 15) is 4.79 Å². The van der Waals surface area contributed by atoms with Crippen LogP contribution in [-0.4, -0.2) is 30.9 Å². The van der Waals surface area contributed by atoms with Gasteiger partial charge in [0.1, 0.15) is 0 Å². The second kappa shape index (κ2) is 8.52. The minimum atomic E-state index is 0.283. The number of carbonyl (C=O) groups excluding carboxylic acids is 1. The van der Waals surface area contributed by atoms with E-state index in [4.69, 9.17) is 5.73 Å². The summed E-state index contributed by atoms with van der Waals surface area (Å²) in [4.78, 5) is 14.1. The van der Waals surface area contributed by atoms with Crippen molar-refractivity contribution in [1.82, 2.24) is 4.90 Å². The summed E-state index contributed by atoms with van der Waals surface area (Å²) < 4.78 is 0. The van der Waals surface area contributed by atoms with Gasteiger partial charge in [-0.2, -0.15) is 0 Å². The molecule has 1 rings (SSSR count). The van der Waals surface area contributed by atoms with Crippen molar-refractivity contribution in [2.45, 2.75) is 58.3 Å². The van der Waals surface area contributed by atoms with Gasteiger partial charge in [0.15, 0.2) is 0 Å². The molecule has 0 aromatic rings. The Morgan fingerprint density at radius 3 is 2.44 bits per heavy atom. The lowest BCUT2D eigenvalue weighted by Crippen LogP contribution is -2.36. The number of hydrogen-bond acceptors (Lipinski definition) is 2. The van der Waals surface area contributed by atoms with E-state index in [-0.39, 0.29) is 5.92 Å². The molecule has 1 fully saturated rings. The van der Waals surface area contributed by atoms with Gasteiger partial charge in [-0.1, -0.05) is 26.2 Å². The Labute approximate surface area is 112 Å². The van der Waals surface area contributed by atoms with Gasteiger partial charge in [0.25, 0.3) is 0 Å². The summed E-state index contributed by atoms with van der Waals surface area (Å²) in [7, 11) is 1.92. The minimum Gasteiger partial charge on any atom is -0.345 e. The maximum Gasteiger partial charge on any atom is 0.225 e. The molecule has 1 aliphatic carbocycles. The Hall–Kier alpha value is -0.570. The molecule has 1 amide bonds. The summed E-state index contributed by atoms with van der Waals surface area (Å²) in [6, 6.07) is 0.